The van der Waals surface area contributed by atoms with Crippen LogP contribution in [0.15, 0.2) is 0 Å². The number of rotatable bonds is 6. The number of thiocarbonyl (C=S) groups is 1. The van der Waals surface area contributed by atoms with E-state index >= 15 is 0 Å². The van der Waals surface area contributed by atoms with Crippen molar-refractivity contribution in [1.29, 1.82) is 0 Å². The molecule has 5 heteroatoms. The minimum Gasteiger partial charge on any atom is -0.389 e. The van der Waals surface area contributed by atoms with E-state index in [2.05, 4.69) is 36.3 Å². The Bertz CT molecular complexity index is 487. The quantitative estimate of drug-likeness (QED) is 0.782. The van der Waals surface area contributed by atoms with Crippen molar-refractivity contribution in [3.05, 3.63) is 16.8 Å². The van der Waals surface area contributed by atoms with Crippen LogP contribution in [0.3, 0.4) is 0 Å². The van der Waals surface area contributed by atoms with Crippen LogP contribution in [-0.2, 0) is 12.8 Å². The third kappa shape index (κ3) is 3.03. The predicted octanol–water partition coefficient (Wildman–Crippen LogP) is 2.30. The summed E-state index contributed by atoms with van der Waals surface area (Å²) in [6.45, 7) is 7.38. The van der Waals surface area contributed by atoms with Crippen molar-refractivity contribution < 1.29 is 0 Å². The van der Waals surface area contributed by atoms with Crippen molar-refractivity contribution in [3.63, 3.8) is 0 Å². The Hall–Kier alpha value is -1.23. The molecule has 1 saturated carbocycles. The molecule has 1 aromatic rings. The third-order valence-corrected chi connectivity index (χ3v) is 4.10. The fourth-order valence-corrected chi connectivity index (χ4v) is 2.69. The summed E-state index contributed by atoms with van der Waals surface area (Å²) in [7, 11) is 0. The monoisotopic (exact) mass is 278 g/mol. The van der Waals surface area contributed by atoms with Crippen LogP contribution in [0.5, 0.6) is 0 Å². The van der Waals surface area contributed by atoms with Crippen LogP contribution < -0.4 is 11.1 Å². The first-order valence-electron chi connectivity index (χ1n) is 7.00. The second-order valence-electron chi connectivity index (χ2n) is 5.27. The Morgan fingerprint density at radius 1 is 1.37 bits per heavy atom. The van der Waals surface area contributed by atoms with Crippen molar-refractivity contribution in [2.75, 3.05) is 11.9 Å². The molecule has 2 atom stereocenters. The van der Waals surface area contributed by atoms with Gasteiger partial charge in [-0.2, -0.15) is 5.10 Å². The van der Waals surface area contributed by atoms with Gasteiger partial charge >= 0.3 is 0 Å². The highest BCUT2D eigenvalue weighted by Gasteiger charge is 2.32. The number of aryl methyl sites for hydroxylation is 1. The highest BCUT2D eigenvalue weighted by atomic mass is 32.1. The maximum absolute atomic E-state index is 5.89. The minimum atomic E-state index is 0.410. The molecule has 3 N–H and O–H groups in total. The zero-order chi connectivity index (χ0) is 14.0. The lowest BCUT2D eigenvalue weighted by atomic mass is 10.0. The van der Waals surface area contributed by atoms with Crippen molar-refractivity contribution in [1.82, 2.24) is 10.2 Å². The SMILES string of the molecule is CCc1nnc(NCC2CC2C)c(C(N)=S)c1CC. The summed E-state index contributed by atoms with van der Waals surface area (Å²) in [5.74, 6) is 2.31. The van der Waals surface area contributed by atoms with Crippen LogP contribution in [0, 0.1) is 11.8 Å². The summed E-state index contributed by atoms with van der Waals surface area (Å²) in [6.07, 6.45) is 3.02. The largest absolute Gasteiger partial charge is 0.389 e. The lowest BCUT2D eigenvalue weighted by Crippen LogP contribution is -2.20. The van der Waals surface area contributed by atoms with Gasteiger partial charge in [-0.05, 0) is 36.7 Å². The number of nitrogens with one attached hydrogen (secondary N) is 1. The lowest BCUT2D eigenvalue weighted by molar-refractivity contribution is 0.777. The second-order valence-corrected chi connectivity index (χ2v) is 5.71. The van der Waals surface area contributed by atoms with E-state index in [-0.39, 0.29) is 0 Å². The molecule has 0 aromatic carbocycles. The summed E-state index contributed by atoms with van der Waals surface area (Å²) in [5.41, 5.74) is 8.91. The molecule has 19 heavy (non-hydrogen) atoms. The number of nitrogens with zero attached hydrogens (tertiary/aromatic N) is 2. The van der Waals surface area contributed by atoms with Gasteiger partial charge in [0.25, 0.3) is 0 Å². The van der Waals surface area contributed by atoms with E-state index in [0.29, 0.717) is 4.99 Å². The first-order chi connectivity index (χ1) is 9.08. The molecule has 1 heterocycles. The summed E-state index contributed by atoms with van der Waals surface area (Å²) >= 11 is 5.20. The lowest BCUT2D eigenvalue weighted by Gasteiger charge is -2.15. The van der Waals surface area contributed by atoms with Crippen molar-refractivity contribution in [3.8, 4) is 0 Å². The zero-order valence-electron chi connectivity index (χ0n) is 11.9. The van der Waals surface area contributed by atoms with Gasteiger partial charge in [-0.25, -0.2) is 0 Å². The molecule has 2 unspecified atom stereocenters. The van der Waals surface area contributed by atoms with E-state index in [1.165, 1.54) is 6.42 Å². The molecule has 0 bridgehead atoms. The average Bonchev–Trinajstić information content (AvgIpc) is 3.10. The Morgan fingerprint density at radius 3 is 2.53 bits per heavy atom. The molecule has 1 aliphatic carbocycles. The van der Waals surface area contributed by atoms with Crippen LogP contribution in [0.25, 0.3) is 0 Å². The standard InChI is InChI=1S/C14H22N4S/c1-4-10-11(5-2)17-18-14(12(10)13(15)19)16-7-9-6-8(9)3/h8-9H,4-7H2,1-3H3,(H2,15,19)(H,16,18). The summed E-state index contributed by atoms with van der Waals surface area (Å²) < 4.78 is 0. The molecule has 0 amide bonds. The Balaban J connectivity index is 2.28. The maximum Gasteiger partial charge on any atom is 0.159 e. The van der Waals surface area contributed by atoms with Crippen molar-refractivity contribution in [2.24, 2.45) is 17.6 Å². The predicted molar refractivity (Wildman–Crippen MR) is 82.4 cm³/mol. The highest BCUT2D eigenvalue weighted by molar-refractivity contribution is 7.80. The fraction of sp³-hybridized carbons (Fsp3) is 0.643. The van der Waals surface area contributed by atoms with E-state index in [1.54, 1.807) is 0 Å². The molecular weight excluding hydrogens is 256 g/mol. The van der Waals surface area contributed by atoms with Crippen LogP contribution >= 0.6 is 12.2 Å². The minimum absolute atomic E-state index is 0.410. The Labute approximate surface area is 120 Å². The van der Waals surface area contributed by atoms with Gasteiger partial charge < -0.3 is 11.1 Å². The topological polar surface area (TPSA) is 63.8 Å². The first-order valence-corrected chi connectivity index (χ1v) is 7.41. The van der Waals surface area contributed by atoms with Gasteiger partial charge in [0.05, 0.1) is 11.3 Å². The molecule has 0 aliphatic heterocycles. The van der Waals surface area contributed by atoms with Crippen LogP contribution in [0.1, 0.15) is 44.0 Å². The van der Waals surface area contributed by atoms with E-state index in [1.807, 2.05) is 0 Å². The molecule has 4 nitrogen and oxygen atoms in total. The number of hydrogen-bond acceptors (Lipinski definition) is 4. The first kappa shape index (κ1) is 14.2. The highest BCUT2D eigenvalue weighted by Crippen LogP contribution is 2.37. The molecular formula is C14H22N4S. The van der Waals surface area contributed by atoms with Gasteiger partial charge in [-0.1, -0.05) is 33.0 Å². The average molecular weight is 278 g/mol. The smallest absolute Gasteiger partial charge is 0.159 e. The molecule has 104 valence electrons. The Kier molecular flexibility index (Phi) is 4.34. The number of hydrogen-bond donors (Lipinski definition) is 2. The van der Waals surface area contributed by atoms with Crippen molar-refractivity contribution in [2.45, 2.75) is 40.0 Å². The molecule has 2 rings (SSSR count). The second kappa shape index (κ2) is 5.82. The number of aromatic nitrogens is 2. The molecule has 1 aliphatic rings. The maximum atomic E-state index is 5.89. The van der Waals surface area contributed by atoms with Gasteiger partial charge in [0.2, 0.25) is 0 Å². The Morgan fingerprint density at radius 2 is 2.05 bits per heavy atom. The normalized spacial score (nSPS) is 21.2. The van der Waals surface area contributed by atoms with Crippen molar-refractivity contribution >= 4 is 23.0 Å². The van der Waals surface area contributed by atoms with Crippen LogP contribution in [0.4, 0.5) is 5.82 Å². The van der Waals surface area contributed by atoms with Crippen LogP contribution in [0.2, 0.25) is 0 Å². The number of anilines is 1. The summed E-state index contributed by atoms with van der Waals surface area (Å²) in [5, 5.41) is 11.9. The van der Waals surface area contributed by atoms with Crippen LogP contribution in [-0.4, -0.2) is 21.7 Å². The fourth-order valence-electron chi connectivity index (χ4n) is 2.47. The molecule has 1 aromatic heterocycles. The van der Waals surface area contributed by atoms with Gasteiger partial charge in [0.15, 0.2) is 5.82 Å². The summed E-state index contributed by atoms with van der Waals surface area (Å²) in [6, 6.07) is 0. The molecule has 0 saturated heterocycles. The third-order valence-electron chi connectivity index (χ3n) is 3.90. The van der Waals surface area contributed by atoms with E-state index < -0.39 is 0 Å². The van der Waals surface area contributed by atoms with Gasteiger partial charge in [-0.15, -0.1) is 5.10 Å². The number of nitrogens with two attached hydrogens (primary N) is 1. The van der Waals surface area contributed by atoms with E-state index in [9.17, 15) is 0 Å². The van der Waals surface area contributed by atoms with Gasteiger partial charge in [-0.3, -0.25) is 0 Å². The summed E-state index contributed by atoms with van der Waals surface area (Å²) in [4.78, 5) is 0.410. The van der Waals surface area contributed by atoms with Gasteiger partial charge in [0.1, 0.15) is 4.99 Å². The van der Waals surface area contributed by atoms with E-state index in [0.717, 1.165) is 53.9 Å². The zero-order valence-corrected chi connectivity index (χ0v) is 12.7. The van der Waals surface area contributed by atoms with E-state index in [4.69, 9.17) is 18.0 Å². The molecule has 0 radical (unpaired) electrons. The molecule has 0 spiro atoms. The molecule has 1 fully saturated rings. The van der Waals surface area contributed by atoms with Gasteiger partial charge in [0, 0.05) is 6.54 Å².